The van der Waals surface area contributed by atoms with E-state index < -0.39 is 11.6 Å². The number of carboxylic acid groups (broad SMARTS) is 1. The zero-order valence-corrected chi connectivity index (χ0v) is 16.4. The largest absolute Gasteiger partial charge is 0.478 e. The molecule has 6 heteroatoms. The van der Waals surface area contributed by atoms with Crippen LogP contribution in [0.15, 0.2) is 36.4 Å². The zero-order chi connectivity index (χ0) is 20.5. The Hall–Kier alpha value is -3.02. The maximum Gasteiger partial charge on any atom is 0.337 e. The molecule has 0 radical (unpaired) electrons. The van der Waals surface area contributed by atoms with Crippen LogP contribution in [-0.2, 0) is 16.0 Å². The minimum atomic E-state index is -0.977. The van der Waals surface area contributed by atoms with Crippen molar-refractivity contribution in [2.24, 2.45) is 0 Å². The highest BCUT2D eigenvalue weighted by atomic mass is 16.6. The van der Waals surface area contributed by atoms with Crippen molar-refractivity contribution in [1.82, 2.24) is 0 Å². The minimum absolute atomic E-state index is 0.0467. The number of carbonyl (C=O) groups is 2. The third-order valence-electron chi connectivity index (χ3n) is 4.50. The Bertz CT molecular complexity index is 911. The van der Waals surface area contributed by atoms with E-state index in [0.29, 0.717) is 28.5 Å². The average molecular weight is 382 g/mol. The van der Waals surface area contributed by atoms with Crippen LogP contribution in [0.25, 0.3) is 0 Å². The molecule has 6 nitrogen and oxygen atoms in total. The van der Waals surface area contributed by atoms with E-state index in [-0.39, 0.29) is 18.0 Å². The molecular formula is C22H26N2O4. The molecule has 0 amide bonds. The van der Waals surface area contributed by atoms with Crippen molar-refractivity contribution in [2.45, 2.75) is 51.6 Å². The van der Waals surface area contributed by atoms with Crippen LogP contribution in [0.2, 0.25) is 0 Å². The first kappa shape index (κ1) is 19.7. The molecule has 1 fully saturated rings. The van der Waals surface area contributed by atoms with Gasteiger partial charge in [-0.05, 0) is 81.0 Å². The Morgan fingerprint density at radius 3 is 2.50 bits per heavy atom. The maximum absolute atomic E-state index is 12.1. The van der Waals surface area contributed by atoms with Gasteiger partial charge >= 0.3 is 11.9 Å². The molecular weight excluding hydrogens is 356 g/mol. The standard InChI is InChI=1S/C22H26N2O4/c1-22(2,3)28-20(25)12-15-10-16(7-8-18(15)23)24-19-9-6-14(13-4-5-13)11-17(19)21(26)27/h6-11,13,24H,4-5,12,23H2,1-3H3,(H,26,27). The molecule has 1 aliphatic carbocycles. The number of benzene rings is 2. The number of hydrogen-bond acceptors (Lipinski definition) is 5. The fourth-order valence-corrected chi connectivity index (χ4v) is 3.04. The molecule has 0 spiro atoms. The summed E-state index contributed by atoms with van der Waals surface area (Å²) in [6.45, 7) is 5.43. The second kappa shape index (κ2) is 7.54. The van der Waals surface area contributed by atoms with Gasteiger partial charge in [0.1, 0.15) is 5.60 Å². The molecule has 1 aliphatic rings. The van der Waals surface area contributed by atoms with Crippen LogP contribution in [0.5, 0.6) is 0 Å². The highest BCUT2D eigenvalue weighted by molar-refractivity contribution is 5.95. The normalized spacial score (nSPS) is 13.8. The molecule has 4 N–H and O–H groups in total. The van der Waals surface area contributed by atoms with Crippen molar-refractivity contribution in [3.8, 4) is 0 Å². The van der Waals surface area contributed by atoms with Crippen LogP contribution >= 0.6 is 0 Å². The summed E-state index contributed by atoms with van der Waals surface area (Å²) in [7, 11) is 0. The van der Waals surface area contributed by atoms with Crippen LogP contribution < -0.4 is 11.1 Å². The molecule has 0 heterocycles. The van der Waals surface area contributed by atoms with Gasteiger partial charge < -0.3 is 20.9 Å². The summed E-state index contributed by atoms with van der Waals surface area (Å²) in [4.78, 5) is 23.8. The highest BCUT2D eigenvalue weighted by Gasteiger charge is 2.25. The summed E-state index contributed by atoms with van der Waals surface area (Å²) in [6.07, 6.45) is 2.26. The second-order valence-corrected chi connectivity index (χ2v) is 8.19. The molecule has 2 aromatic rings. The molecule has 28 heavy (non-hydrogen) atoms. The summed E-state index contributed by atoms with van der Waals surface area (Å²) >= 11 is 0. The summed E-state index contributed by atoms with van der Waals surface area (Å²) in [5.74, 6) is -0.866. The molecule has 0 aromatic heterocycles. The fourth-order valence-electron chi connectivity index (χ4n) is 3.04. The van der Waals surface area contributed by atoms with Gasteiger partial charge in [0.15, 0.2) is 0 Å². The van der Waals surface area contributed by atoms with E-state index in [4.69, 9.17) is 10.5 Å². The molecule has 0 bridgehead atoms. The van der Waals surface area contributed by atoms with E-state index in [1.165, 1.54) is 0 Å². The van der Waals surface area contributed by atoms with Crippen LogP contribution in [0.1, 0.15) is 61.0 Å². The third-order valence-corrected chi connectivity index (χ3v) is 4.50. The molecule has 148 valence electrons. The number of nitrogen functional groups attached to an aromatic ring is 1. The summed E-state index contributed by atoms with van der Waals surface area (Å²) in [5, 5.41) is 12.7. The minimum Gasteiger partial charge on any atom is -0.478 e. The van der Waals surface area contributed by atoms with Crippen LogP contribution in [-0.4, -0.2) is 22.6 Å². The van der Waals surface area contributed by atoms with E-state index in [9.17, 15) is 14.7 Å². The monoisotopic (exact) mass is 382 g/mol. The Kier molecular flexibility index (Phi) is 5.31. The van der Waals surface area contributed by atoms with Crippen LogP contribution in [0, 0.1) is 0 Å². The molecule has 3 rings (SSSR count). The zero-order valence-electron chi connectivity index (χ0n) is 16.4. The number of carboxylic acids is 1. The van der Waals surface area contributed by atoms with Crippen molar-refractivity contribution in [1.29, 1.82) is 0 Å². The Morgan fingerprint density at radius 2 is 1.89 bits per heavy atom. The number of rotatable bonds is 6. The topological polar surface area (TPSA) is 102 Å². The molecule has 2 aromatic carbocycles. The van der Waals surface area contributed by atoms with Gasteiger partial charge in [0.05, 0.1) is 17.7 Å². The lowest BCUT2D eigenvalue weighted by Gasteiger charge is -2.20. The fraction of sp³-hybridized carbons (Fsp3) is 0.364. The quantitative estimate of drug-likeness (QED) is 0.503. The maximum atomic E-state index is 12.1. The number of nitrogens with one attached hydrogen (secondary N) is 1. The number of ether oxygens (including phenoxy) is 1. The lowest BCUT2D eigenvalue weighted by molar-refractivity contribution is -0.153. The number of carbonyl (C=O) groups excluding carboxylic acids is 1. The van der Waals surface area contributed by atoms with Crippen molar-refractivity contribution in [3.05, 3.63) is 53.1 Å². The molecule has 0 unspecified atom stereocenters. The van der Waals surface area contributed by atoms with Crippen molar-refractivity contribution in [2.75, 3.05) is 11.1 Å². The Morgan fingerprint density at radius 1 is 1.18 bits per heavy atom. The number of aromatic carboxylic acids is 1. The Balaban J connectivity index is 1.81. The van der Waals surface area contributed by atoms with Crippen molar-refractivity contribution in [3.63, 3.8) is 0 Å². The van der Waals surface area contributed by atoms with Gasteiger partial charge in [-0.15, -0.1) is 0 Å². The smallest absolute Gasteiger partial charge is 0.337 e. The van der Waals surface area contributed by atoms with Gasteiger partial charge in [-0.3, -0.25) is 4.79 Å². The van der Waals surface area contributed by atoms with E-state index in [1.807, 2.05) is 26.8 Å². The van der Waals surface area contributed by atoms with Crippen LogP contribution in [0.3, 0.4) is 0 Å². The predicted octanol–water partition coefficient (Wildman–Crippen LogP) is 4.47. The van der Waals surface area contributed by atoms with Gasteiger partial charge in [-0.25, -0.2) is 4.79 Å². The number of hydrogen-bond donors (Lipinski definition) is 3. The van der Waals surface area contributed by atoms with Gasteiger partial charge in [-0.2, -0.15) is 0 Å². The summed E-state index contributed by atoms with van der Waals surface area (Å²) in [5.41, 5.74) is 9.01. The van der Waals surface area contributed by atoms with Gasteiger partial charge in [0, 0.05) is 11.4 Å². The molecule has 0 aliphatic heterocycles. The van der Waals surface area contributed by atoms with Crippen molar-refractivity contribution < 1.29 is 19.4 Å². The summed E-state index contributed by atoms with van der Waals surface area (Å²) < 4.78 is 5.35. The molecule has 1 saturated carbocycles. The molecule has 0 saturated heterocycles. The lowest BCUT2D eigenvalue weighted by atomic mass is 10.0. The molecule has 0 atom stereocenters. The van der Waals surface area contributed by atoms with Crippen molar-refractivity contribution >= 4 is 29.0 Å². The van der Waals surface area contributed by atoms with Gasteiger partial charge in [0.2, 0.25) is 0 Å². The average Bonchev–Trinajstić information content (AvgIpc) is 3.41. The van der Waals surface area contributed by atoms with E-state index in [2.05, 4.69) is 5.32 Å². The van der Waals surface area contributed by atoms with Crippen LogP contribution in [0.4, 0.5) is 17.1 Å². The van der Waals surface area contributed by atoms with E-state index in [1.54, 1.807) is 30.3 Å². The predicted molar refractivity (Wildman–Crippen MR) is 109 cm³/mol. The third kappa shape index (κ3) is 5.03. The van der Waals surface area contributed by atoms with Gasteiger partial charge in [0.25, 0.3) is 0 Å². The first-order valence-corrected chi connectivity index (χ1v) is 9.37. The number of esters is 1. The lowest BCUT2D eigenvalue weighted by Crippen LogP contribution is -2.25. The number of nitrogens with two attached hydrogens (primary N) is 1. The van der Waals surface area contributed by atoms with Gasteiger partial charge in [-0.1, -0.05) is 6.07 Å². The first-order valence-electron chi connectivity index (χ1n) is 9.37. The first-order chi connectivity index (χ1) is 13.1. The SMILES string of the molecule is CC(C)(C)OC(=O)Cc1cc(Nc2ccc(C3CC3)cc2C(=O)O)ccc1N. The second-order valence-electron chi connectivity index (χ2n) is 8.19. The number of anilines is 3. The van der Waals surface area contributed by atoms with E-state index >= 15 is 0 Å². The Labute approximate surface area is 164 Å². The highest BCUT2D eigenvalue weighted by Crippen LogP contribution is 2.41. The van der Waals surface area contributed by atoms with E-state index in [0.717, 1.165) is 18.4 Å². The summed E-state index contributed by atoms with van der Waals surface area (Å²) in [6, 6.07) is 10.7.